The minimum absolute atomic E-state index is 0.111. The molecule has 0 unspecified atom stereocenters. The van der Waals surface area contributed by atoms with Crippen LogP contribution in [0.5, 0.6) is 0 Å². The Kier molecular flexibility index (Phi) is 5.53. The Labute approximate surface area is 155 Å². The Morgan fingerprint density at radius 1 is 1.12 bits per heavy atom. The van der Waals surface area contributed by atoms with Gasteiger partial charge in [-0.1, -0.05) is 6.07 Å². The Bertz CT molecular complexity index is 984. The smallest absolute Gasteiger partial charge is 0.264 e. The van der Waals surface area contributed by atoms with Gasteiger partial charge in [-0.2, -0.15) is 0 Å². The summed E-state index contributed by atoms with van der Waals surface area (Å²) in [4.78, 5) is 24.1. The van der Waals surface area contributed by atoms with Gasteiger partial charge in [-0.3, -0.25) is 9.59 Å². The second kappa shape index (κ2) is 7.13. The molecule has 1 aromatic carbocycles. The van der Waals surface area contributed by atoms with Gasteiger partial charge >= 0.3 is 0 Å². The van der Waals surface area contributed by atoms with Crippen molar-refractivity contribution in [2.24, 2.45) is 0 Å². The lowest BCUT2D eigenvalue weighted by Crippen LogP contribution is -2.36. The maximum atomic E-state index is 12.7. The summed E-state index contributed by atoms with van der Waals surface area (Å²) in [7, 11) is -4.04. The van der Waals surface area contributed by atoms with Gasteiger partial charge in [0.05, 0.1) is 4.90 Å². The number of hydrogen-bond donors (Lipinski definition) is 1. The van der Waals surface area contributed by atoms with Crippen molar-refractivity contribution in [1.82, 2.24) is 9.29 Å². The van der Waals surface area contributed by atoms with E-state index in [-0.39, 0.29) is 11.4 Å². The third kappa shape index (κ3) is 4.19. The minimum atomic E-state index is -4.04. The summed E-state index contributed by atoms with van der Waals surface area (Å²) in [5.74, 6) is -0.779. The highest BCUT2D eigenvalue weighted by Crippen LogP contribution is 2.25. The maximum Gasteiger partial charge on any atom is 0.264 e. The van der Waals surface area contributed by atoms with E-state index in [0.717, 1.165) is 15.7 Å². The highest BCUT2D eigenvalue weighted by atomic mass is 79.9. The van der Waals surface area contributed by atoms with Crippen molar-refractivity contribution in [2.45, 2.75) is 39.1 Å². The van der Waals surface area contributed by atoms with Gasteiger partial charge < -0.3 is 4.57 Å². The van der Waals surface area contributed by atoms with Crippen LogP contribution in [-0.4, -0.2) is 18.9 Å². The number of nitrogens with zero attached hydrogens (tertiary/aromatic N) is 1. The predicted octanol–water partition coefficient (Wildman–Crippen LogP) is 2.35. The van der Waals surface area contributed by atoms with Crippen LogP contribution in [0.3, 0.4) is 0 Å². The number of aryl methyl sites for hydroxylation is 2. The summed E-state index contributed by atoms with van der Waals surface area (Å²) in [6, 6.07) is 4.76. The number of aromatic nitrogens is 1. The van der Waals surface area contributed by atoms with Crippen molar-refractivity contribution in [3.8, 4) is 0 Å². The van der Waals surface area contributed by atoms with E-state index in [1.165, 1.54) is 12.3 Å². The van der Waals surface area contributed by atoms with E-state index in [0.29, 0.717) is 15.6 Å². The molecule has 6 nitrogen and oxygen atoms in total. The monoisotopic (exact) mass is 426 g/mol. The van der Waals surface area contributed by atoms with Crippen molar-refractivity contribution >= 4 is 31.9 Å². The summed E-state index contributed by atoms with van der Waals surface area (Å²) in [6.07, 6.45) is 1.43. The molecule has 134 valence electrons. The first-order valence-electron chi connectivity index (χ1n) is 7.52. The maximum absolute atomic E-state index is 12.7. The van der Waals surface area contributed by atoms with Crippen LogP contribution in [0.25, 0.3) is 0 Å². The number of carbonyl (C=O) groups excluding carboxylic acids is 1. The van der Waals surface area contributed by atoms with Crippen molar-refractivity contribution in [3.63, 3.8) is 0 Å². The number of benzene rings is 1. The molecule has 0 fully saturated rings. The summed E-state index contributed by atoms with van der Waals surface area (Å²) in [6.45, 7) is 6.67. The first-order chi connectivity index (χ1) is 11.5. The molecule has 1 aromatic heterocycles. The minimum Gasteiger partial charge on any atom is -0.305 e. The quantitative estimate of drug-likeness (QED) is 0.812. The van der Waals surface area contributed by atoms with Crippen LogP contribution in [-0.2, 0) is 21.4 Å². The van der Waals surface area contributed by atoms with Crippen molar-refractivity contribution in [1.29, 1.82) is 0 Å². The van der Waals surface area contributed by atoms with E-state index in [1.807, 2.05) is 19.9 Å². The second-order valence-corrected chi connectivity index (χ2v) is 8.47. The highest BCUT2D eigenvalue weighted by Gasteiger charge is 2.24. The molecular weight excluding hydrogens is 408 g/mol. The second-order valence-electron chi connectivity index (χ2n) is 5.93. The molecule has 1 N–H and O–H groups in total. The van der Waals surface area contributed by atoms with Gasteiger partial charge in [0.1, 0.15) is 6.54 Å². The van der Waals surface area contributed by atoms with Crippen LogP contribution in [0.15, 0.2) is 38.6 Å². The zero-order chi connectivity index (χ0) is 18.9. The van der Waals surface area contributed by atoms with Crippen LogP contribution >= 0.6 is 15.9 Å². The van der Waals surface area contributed by atoms with E-state index in [2.05, 4.69) is 20.7 Å². The number of pyridine rings is 1. The molecule has 1 heterocycles. The molecule has 0 atom stereocenters. The van der Waals surface area contributed by atoms with Gasteiger partial charge in [0, 0.05) is 16.7 Å². The molecule has 0 radical (unpaired) electrons. The van der Waals surface area contributed by atoms with E-state index in [4.69, 9.17) is 0 Å². The molecule has 25 heavy (non-hydrogen) atoms. The van der Waals surface area contributed by atoms with Crippen molar-refractivity contribution in [2.75, 3.05) is 0 Å². The van der Waals surface area contributed by atoms with Crippen LogP contribution < -0.4 is 10.3 Å². The molecule has 0 aliphatic heterocycles. The van der Waals surface area contributed by atoms with Gasteiger partial charge in [-0.05, 0) is 71.9 Å². The predicted molar refractivity (Wildman–Crippen MR) is 99.1 cm³/mol. The van der Waals surface area contributed by atoms with Crippen molar-refractivity contribution in [3.05, 3.63) is 61.5 Å². The standard InChI is InChI=1S/C17H19BrN2O4S/c1-10-7-11(2)13(4)17(12(10)3)25(23,24)19-15(21)9-20-8-14(18)5-6-16(20)22/h5-8H,9H2,1-4H3,(H,19,21). The molecule has 1 amide bonds. The lowest BCUT2D eigenvalue weighted by Gasteiger charge is -2.16. The Morgan fingerprint density at radius 2 is 1.68 bits per heavy atom. The lowest BCUT2D eigenvalue weighted by molar-refractivity contribution is -0.119. The van der Waals surface area contributed by atoms with Crippen LogP contribution in [0.2, 0.25) is 0 Å². The fourth-order valence-corrected chi connectivity index (χ4v) is 4.57. The van der Waals surface area contributed by atoms with Gasteiger partial charge in [0.25, 0.3) is 21.5 Å². The highest BCUT2D eigenvalue weighted by molar-refractivity contribution is 9.10. The number of amides is 1. The van der Waals surface area contributed by atoms with Gasteiger partial charge in [-0.25, -0.2) is 13.1 Å². The number of carbonyl (C=O) groups is 1. The number of nitrogens with one attached hydrogen (secondary N) is 1. The first kappa shape index (κ1) is 19.4. The number of sulfonamides is 1. The molecule has 8 heteroatoms. The molecule has 0 aliphatic carbocycles. The molecule has 0 bridgehead atoms. The summed E-state index contributed by atoms with van der Waals surface area (Å²) in [5, 5.41) is 0. The number of halogens is 1. The molecule has 2 aromatic rings. The van der Waals surface area contributed by atoms with Gasteiger partial charge in [0.15, 0.2) is 0 Å². The molecule has 2 rings (SSSR count). The Hall–Kier alpha value is -1.93. The van der Waals surface area contributed by atoms with E-state index in [9.17, 15) is 18.0 Å². The van der Waals surface area contributed by atoms with Gasteiger partial charge in [0.2, 0.25) is 0 Å². The fraction of sp³-hybridized carbons (Fsp3) is 0.294. The average molecular weight is 427 g/mol. The summed E-state index contributed by atoms with van der Waals surface area (Å²) in [5.41, 5.74) is 2.47. The van der Waals surface area contributed by atoms with E-state index < -0.39 is 21.5 Å². The molecule has 0 aliphatic rings. The summed E-state index contributed by atoms with van der Waals surface area (Å²) < 4.78 is 29.2. The van der Waals surface area contributed by atoms with Crippen molar-refractivity contribution < 1.29 is 13.2 Å². The van der Waals surface area contributed by atoms with Crippen LogP contribution in [0, 0.1) is 27.7 Å². The third-order valence-electron chi connectivity index (χ3n) is 4.08. The van der Waals surface area contributed by atoms with E-state index >= 15 is 0 Å². The Morgan fingerprint density at radius 3 is 2.24 bits per heavy atom. The zero-order valence-electron chi connectivity index (χ0n) is 14.4. The average Bonchev–Trinajstić information content (AvgIpc) is 2.48. The molecule has 0 saturated heterocycles. The lowest BCUT2D eigenvalue weighted by atomic mass is 10.0. The fourth-order valence-electron chi connectivity index (χ4n) is 2.60. The SMILES string of the molecule is Cc1cc(C)c(C)c(S(=O)(=O)NC(=O)Cn2cc(Br)ccc2=O)c1C. The van der Waals surface area contributed by atoms with Gasteiger partial charge in [-0.15, -0.1) is 0 Å². The zero-order valence-corrected chi connectivity index (χ0v) is 16.8. The first-order valence-corrected chi connectivity index (χ1v) is 9.79. The van der Waals surface area contributed by atoms with Crippen LogP contribution in [0.1, 0.15) is 22.3 Å². The molecule has 0 spiro atoms. The molecular formula is C17H19BrN2O4S. The number of rotatable bonds is 4. The Balaban J connectivity index is 2.35. The normalized spacial score (nSPS) is 11.4. The van der Waals surface area contributed by atoms with E-state index in [1.54, 1.807) is 19.9 Å². The molecule has 0 saturated carbocycles. The van der Waals surface area contributed by atoms with Crippen LogP contribution in [0.4, 0.5) is 0 Å². The number of hydrogen-bond acceptors (Lipinski definition) is 4. The third-order valence-corrected chi connectivity index (χ3v) is 6.19. The topological polar surface area (TPSA) is 85.2 Å². The largest absolute Gasteiger partial charge is 0.305 e. The summed E-state index contributed by atoms with van der Waals surface area (Å²) >= 11 is 3.21.